The van der Waals surface area contributed by atoms with Gasteiger partial charge in [0.2, 0.25) is 5.88 Å². The molecule has 2 aromatic rings. The van der Waals surface area contributed by atoms with E-state index < -0.39 is 0 Å². The van der Waals surface area contributed by atoms with E-state index in [1.165, 1.54) is 0 Å². The van der Waals surface area contributed by atoms with E-state index in [1.54, 1.807) is 12.4 Å². The Balaban J connectivity index is 2.30. The van der Waals surface area contributed by atoms with Crippen LogP contribution in [-0.2, 0) is 6.42 Å². The highest BCUT2D eigenvalue weighted by atomic mass is 16.5. The molecule has 0 saturated heterocycles. The maximum atomic E-state index is 5.83. The van der Waals surface area contributed by atoms with E-state index in [0.29, 0.717) is 11.8 Å². The highest BCUT2D eigenvalue weighted by Gasteiger charge is 2.15. The summed E-state index contributed by atoms with van der Waals surface area (Å²) in [5, 5.41) is 4.04. The standard InChI is InChI=1S/C13H17N3O/c1-9(2)3-4-11-12(13(14)17-16-11)10-5-7-15-8-6-10/h5-9H,3-4,14H2,1-2H3. The molecule has 4 heteroatoms. The quantitative estimate of drug-likeness (QED) is 0.878. The van der Waals surface area contributed by atoms with E-state index in [1.807, 2.05) is 12.1 Å². The highest BCUT2D eigenvalue weighted by molar-refractivity contribution is 5.74. The first-order chi connectivity index (χ1) is 8.18. The third kappa shape index (κ3) is 2.64. The molecule has 0 fully saturated rings. The van der Waals surface area contributed by atoms with Crippen LogP contribution in [0.2, 0.25) is 0 Å². The fourth-order valence-corrected chi connectivity index (χ4v) is 1.76. The second-order valence-corrected chi connectivity index (χ2v) is 4.54. The zero-order valence-corrected chi connectivity index (χ0v) is 10.2. The Kier molecular flexibility index (Phi) is 3.42. The van der Waals surface area contributed by atoms with Gasteiger partial charge in [-0.05, 0) is 36.5 Å². The lowest BCUT2D eigenvalue weighted by Gasteiger charge is -2.04. The number of hydrogen-bond acceptors (Lipinski definition) is 4. The molecule has 0 aliphatic carbocycles. The molecule has 0 amide bonds. The van der Waals surface area contributed by atoms with Gasteiger partial charge in [-0.2, -0.15) is 0 Å². The minimum absolute atomic E-state index is 0.384. The molecule has 2 rings (SSSR count). The molecular formula is C13H17N3O. The molecule has 0 aliphatic rings. The van der Waals surface area contributed by atoms with Gasteiger partial charge in [0.1, 0.15) is 0 Å². The first-order valence-corrected chi connectivity index (χ1v) is 5.83. The molecule has 2 heterocycles. The number of rotatable bonds is 4. The fraction of sp³-hybridized carbons (Fsp3) is 0.385. The third-order valence-corrected chi connectivity index (χ3v) is 2.72. The SMILES string of the molecule is CC(C)CCc1noc(N)c1-c1ccncc1. The summed E-state index contributed by atoms with van der Waals surface area (Å²) < 4.78 is 5.09. The summed E-state index contributed by atoms with van der Waals surface area (Å²) in [5.74, 6) is 1.02. The van der Waals surface area contributed by atoms with E-state index in [4.69, 9.17) is 10.3 Å². The normalized spacial score (nSPS) is 11.0. The number of hydrogen-bond donors (Lipinski definition) is 1. The van der Waals surface area contributed by atoms with Crippen LogP contribution in [0.1, 0.15) is 26.0 Å². The fourth-order valence-electron chi connectivity index (χ4n) is 1.76. The molecule has 0 saturated carbocycles. The van der Waals surface area contributed by atoms with Crippen molar-refractivity contribution in [1.82, 2.24) is 10.1 Å². The molecular weight excluding hydrogens is 214 g/mol. The van der Waals surface area contributed by atoms with Crippen LogP contribution in [0.25, 0.3) is 11.1 Å². The molecule has 4 nitrogen and oxygen atoms in total. The molecule has 0 aromatic carbocycles. The number of pyridine rings is 1. The summed E-state index contributed by atoms with van der Waals surface area (Å²) >= 11 is 0. The van der Waals surface area contributed by atoms with E-state index in [0.717, 1.165) is 29.7 Å². The van der Waals surface area contributed by atoms with Gasteiger partial charge in [0.05, 0.1) is 11.3 Å². The molecule has 17 heavy (non-hydrogen) atoms. The average molecular weight is 231 g/mol. The predicted octanol–water partition coefficient (Wildman–Crippen LogP) is 2.91. The smallest absolute Gasteiger partial charge is 0.230 e. The average Bonchev–Trinajstić information content (AvgIpc) is 2.69. The summed E-state index contributed by atoms with van der Waals surface area (Å²) in [6.07, 6.45) is 5.45. The summed E-state index contributed by atoms with van der Waals surface area (Å²) in [4.78, 5) is 4.00. The molecule has 0 spiro atoms. The van der Waals surface area contributed by atoms with Gasteiger partial charge in [0.15, 0.2) is 0 Å². The first-order valence-electron chi connectivity index (χ1n) is 5.83. The Hall–Kier alpha value is -1.84. The minimum Gasteiger partial charge on any atom is -0.367 e. The predicted molar refractivity (Wildman–Crippen MR) is 67.3 cm³/mol. The van der Waals surface area contributed by atoms with Crippen LogP contribution in [0.3, 0.4) is 0 Å². The highest BCUT2D eigenvalue weighted by Crippen LogP contribution is 2.30. The Morgan fingerprint density at radius 2 is 2.00 bits per heavy atom. The van der Waals surface area contributed by atoms with Gasteiger partial charge in [-0.15, -0.1) is 0 Å². The largest absolute Gasteiger partial charge is 0.367 e. The van der Waals surface area contributed by atoms with Crippen molar-refractivity contribution in [3.63, 3.8) is 0 Å². The van der Waals surface area contributed by atoms with Crippen molar-refractivity contribution in [1.29, 1.82) is 0 Å². The van der Waals surface area contributed by atoms with Crippen molar-refractivity contribution in [2.75, 3.05) is 5.73 Å². The van der Waals surface area contributed by atoms with Gasteiger partial charge in [0, 0.05) is 12.4 Å². The van der Waals surface area contributed by atoms with Crippen molar-refractivity contribution in [3.8, 4) is 11.1 Å². The van der Waals surface area contributed by atoms with Crippen molar-refractivity contribution in [2.24, 2.45) is 5.92 Å². The number of anilines is 1. The lowest BCUT2D eigenvalue weighted by atomic mass is 10.0. The number of aromatic nitrogens is 2. The zero-order valence-electron chi connectivity index (χ0n) is 10.2. The lowest BCUT2D eigenvalue weighted by Crippen LogP contribution is -1.95. The van der Waals surface area contributed by atoms with Crippen molar-refractivity contribution >= 4 is 5.88 Å². The monoisotopic (exact) mass is 231 g/mol. The number of nitrogen functional groups attached to an aromatic ring is 1. The molecule has 2 aromatic heterocycles. The van der Waals surface area contributed by atoms with E-state index in [2.05, 4.69) is 24.0 Å². The van der Waals surface area contributed by atoms with E-state index in [9.17, 15) is 0 Å². The molecule has 0 aliphatic heterocycles. The maximum Gasteiger partial charge on any atom is 0.230 e. The maximum absolute atomic E-state index is 5.83. The zero-order chi connectivity index (χ0) is 12.3. The molecule has 0 radical (unpaired) electrons. The Bertz CT molecular complexity index is 477. The van der Waals surface area contributed by atoms with Crippen molar-refractivity contribution in [3.05, 3.63) is 30.2 Å². The van der Waals surface area contributed by atoms with E-state index >= 15 is 0 Å². The van der Waals surface area contributed by atoms with Gasteiger partial charge in [-0.25, -0.2) is 0 Å². The van der Waals surface area contributed by atoms with Crippen molar-refractivity contribution in [2.45, 2.75) is 26.7 Å². The van der Waals surface area contributed by atoms with Crippen LogP contribution in [-0.4, -0.2) is 10.1 Å². The van der Waals surface area contributed by atoms with Crippen LogP contribution >= 0.6 is 0 Å². The topological polar surface area (TPSA) is 64.9 Å². The van der Waals surface area contributed by atoms with Crippen LogP contribution in [0, 0.1) is 5.92 Å². The molecule has 0 atom stereocenters. The Morgan fingerprint density at radius 1 is 1.29 bits per heavy atom. The van der Waals surface area contributed by atoms with Crippen molar-refractivity contribution < 1.29 is 4.52 Å². The van der Waals surface area contributed by atoms with Gasteiger partial charge in [0.25, 0.3) is 0 Å². The number of nitrogens with zero attached hydrogens (tertiary/aromatic N) is 2. The summed E-state index contributed by atoms with van der Waals surface area (Å²) in [5.41, 5.74) is 8.68. The Labute approximate surface area is 101 Å². The van der Waals surface area contributed by atoms with Gasteiger partial charge in [-0.3, -0.25) is 4.98 Å². The number of aryl methyl sites for hydroxylation is 1. The van der Waals surface area contributed by atoms with Gasteiger partial charge < -0.3 is 10.3 Å². The van der Waals surface area contributed by atoms with Crippen LogP contribution in [0.15, 0.2) is 29.0 Å². The summed E-state index contributed by atoms with van der Waals surface area (Å²) in [6, 6.07) is 3.84. The molecule has 0 unspecified atom stereocenters. The summed E-state index contributed by atoms with van der Waals surface area (Å²) in [6.45, 7) is 4.38. The molecule has 0 bridgehead atoms. The van der Waals surface area contributed by atoms with Gasteiger partial charge >= 0.3 is 0 Å². The Morgan fingerprint density at radius 3 is 2.65 bits per heavy atom. The summed E-state index contributed by atoms with van der Waals surface area (Å²) in [7, 11) is 0. The second-order valence-electron chi connectivity index (χ2n) is 4.54. The third-order valence-electron chi connectivity index (χ3n) is 2.72. The van der Waals surface area contributed by atoms with E-state index in [-0.39, 0.29) is 0 Å². The minimum atomic E-state index is 0.384. The lowest BCUT2D eigenvalue weighted by molar-refractivity contribution is 0.423. The van der Waals surface area contributed by atoms with Crippen LogP contribution in [0.4, 0.5) is 5.88 Å². The van der Waals surface area contributed by atoms with Crippen LogP contribution < -0.4 is 5.73 Å². The first kappa shape index (κ1) is 11.6. The van der Waals surface area contributed by atoms with Gasteiger partial charge in [-0.1, -0.05) is 19.0 Å². The molecule has 2 N–H and O–H groups in total. The second kappa shape index (κ2) is 4.99. The number of nitrogens with two attached hydrogens (primary N) is 1. The molecule has 90 valence electrons. The van der Waals surface area contributed by atoms with Crippen LogP contribution in [0.5, 0.6) is 0 Å².